The molecular weight excluding hydrogens is 218 g/mol. The second kappa shape index (κ2) is 5.19. The Kier molecular flexibility index (Phi) is 4.17. The zero-order valence-electron chi connectivity index (χ0n) is 8.66. The van der Waals surface area contributed by atoms with Crippen LogP contribution in [0.2, 0.25) is 5.22 Å². The Morgan fingerprint density at radius 2 is 2.27 bits per heavy atom. The normalized spacial score (nSPS) is 12.9. The Morgan fingerprint density at radius 3 is 2.73 bits per heavy atom. The number of rotatable bonds is 4. The lowest BCUT2D eigenvalue weighted by atomic mass is 10.1. The number of carbonyl (C=O) groups is 1. The van der Waals surface area contributed by atoms with E-state index in [0.29, 0.717) is 0 Å². The zero-order valence-corrected chi connectivity index (χ0v) is 9.41. The van der Waals surface area contributed by atoms with Crippen LogP contribution in [0.15, 0.2) is 16.5 Å². The molecule has 0 aliphatic carbocycles. The summed E-state index contributed by atoms with van der Waals surface area (Å²) in [6.07, 6.45) is -0.556. The minimum Gasteiger partial charge on any atom is -0.440 e. The minimum atomic E-state index is -0.556. The first kappa shape index (κ1) is 12.1. The molecule has 1 atom stereocenters. The van der Waals surface area contributed by atoms with Crippen LogP contribution >= 0.6 is 11.6 Å². The molecule has 1 aromatic heterocycles. The van der Waals surface area contributed by atoms with Crippen molar-refractivity contribution in [3.8, 4) is 0 Å². The minimum absolute atomic E-state index is 0.102. The fraction of sp³-hybridized carbons (Fsp3) is 0.500. The molecule has 1 amide bonds. The highest BCUT2D eigenvalue weighted by atomic mass is 35.5. The monoisotopic (exact) mass is 231 g/mol. The SMILES string of the molecule is CC(C)C(O)CNC(=O)c1ccc(Cl)o1. The summed E-state index contributed by atoms with van der Waals surface area (Å²) in [5, 5.41) is 12.2. The van der Waals surface area contributed by atoms with Crippen LogP contribution in [0.5, 0.6) is 0 Å². The summed E-state index contributed by atoms with van der Waals surface area (Å²) >= 11 is 5.52. The number of nitrogens with one attached hydrogen (secondary N) is 1. The third-order valence-electron chi connectivity index (χ3n) is 2.04. The zero-order chi connectivity index (χ0) is 11.4. The number of hydrogen-bond donors (Lipinski definition) is 2. The van der Waals surface area contributed by atoms with Gasteiger partial charge in [-0.05, 0) is 29.7 Å². The van der Waals surface area contributed by atoms with E-state index in [9.17, 15) is 9.90 Å². The highest BCUT2D eigenvalue weighted by molar-refractivity contribution is 6.29. The Balaban J connectivity index is 2.43. The van der Waals surface area contributed by atoms with Gasteiger partial charge in [0, 0.05) is 6.54 Å². The number of hydrogen-bond acceptors (Lipinski definition) is 3. The second-order valence-electron chi connectivity index (χ2n) is 3.63. The molecule has 0 fully saturated rings. The van der Waals surface area contributed by atoms with Crippen molar-refractivity contribution in [2.24, 2.45) is 5.92 Å². The van der Waals surface area contributed by atoms with Gasteiger partial charge in [-0.1, -0.05) is 13.8 Å². The molecule has 0 bridgehead atoms. The van der Waals surface area contributed by atoms with Gasteiger partial charge in [0.05, 0.1) is 6.10 Å². The lowest BCUT2D eigenvalue weighted by Gasteiger charge is -2.14. The van der Waals surface area contributed by atoms with Crippen molar-refractivity contribution in [1.82, 2.24) is 5.32 Å². The molecule has 1 heterocycles. The smallest absolute Gasteiger partial charge is 0.287 e. The first-order valence-corrected chi connectivity index (χ1v) is 5.10. The van der Waals surface area contributed by atoms with Gasteiger partial charge in [-0.15, -0.1) is 0 Å². The predicted molar refractivity (Wildman–Crippen MR) is 56.9 cm³/mol. The fourth-order valence-corrected chi connectivity index (χ4v) is 1.10. The summed E-state index contributed by atoms with van der Waals surface area (Å²) in [5.74, 6) is -0.122. The first-order valence-electron chi connectivity index (χ1n) is 4.72. The van der Waals surface area contributed by atoms with Crippen LogP contribution in [0.1, 0.15) is 24.4 Å². The summed E-state index contributed by atoms with van der Waals surface area (Å²) in [5.41, 5.74) is 0. The van der Waals surface area contributed by atoms with E-state index in [4.69, 9.17) is 16.0 Å². The van der Waals surface area contributed by atoms with Gasteiger partial charge in [0.15, 0.2) is 11.0 Å². The van der Waals surface area contributed by atoms with Crippen LogP contribution in [0.25, 0.3) is 0 Å². The fourth-order valence-electron chi connectivity index (χ4n) is 0.956. The quantitative estimate of drug-likeness (QED) is 0.829. The number of aliphatic hydroxyl groups is 1. The summed E-state index contributed by atoms with van der Waals surface area (Å²) in [6, 6.07) is 2.98. The van der Waals surface area contributed by atoms with Crippen LogP contribution in [0, 0.1) is 5.92 Å². The molecule has 15 heavy (non-hydrogen) atoms. The van der Waals surface area contributed by atoms with E-state index in [2.05, 4.69) is 5.32 Å². The third-order valence-corrected chi connectivity index (χ3v) is 2.24. The van der Waals surface area contributed by atoms with Gasteiger partial charge in [-0.2, -0.15) is 0 Å². The van der Waals surface area contributed by atoms with Gasteiger partial charge in [0.1, 0.15) is 0 Å². The number of amides is 1. The van der Waals surface area contributed by atoms with Crippen molar-refractivity contribution in [3.05, 3.63) is 23.1 Å². The molecule has 2 N–H and O–H groups in total. The van der Waals surface area contributed by atoms with Gasteiger partial charge in [-0.25, -0.2) is 0 Å². The van der Waals surface area contributed by atoms with E-state index in [1.165, 1.54) is 12.1 Å². The molecule has 1 unspecified atom stereocenters. The van der Waals surface area contributed by atoms with E-state index in [1.54, 1.807) is 0 Å². The first-order chi connectivity index (χ1) is 7.00. The topological polar surface area (TPSA) is 62.5 Å². The lowest BCUT2D eigenvalue weighted by Crippen LogP contribution is -2.34. The molecule has 1 aromatic rings. The molecule has 4 nitrogen and oxygen atoms in total. The van der Waals surface area contributed by atoms with Crippen molar-refractivity contribution in [3.63, 3.8) is 0 Å². The van der Waals surface area contributed by atoms with Gasteiger partial charge in [0.25, 0.3) is 5.91 Å². The van der Waals surface area contributed by atoms with E-state index in [-0.39, 0.29) is 29.3 Å². The highest BCUT2D eigenvalue weighted by Gasteiger charge is 2.14. The largest absolute Gasteiger partial charge is 0.440 e. The van der Waals surface area contributed by atoms with Crippen molar-refractivity contribution in [1.29, 1.82) is 0 Å². The Hall–Kier alpha value is -1.00. The summed E-state index contributed by atoms with van der Waals surface area (Å²) < 4.78 is 4.91. The molecule has 0 aliphatic rings. The number of carbonyl (C=O) groups excluding carboxylic acids is 1. The molecule has 0 saturated heterocycles. The van der Waals surface area contributed by atoms with Crippen LogP contribution in [-0.2, 0) is 0 Å². The van der Waals surface area contributed by atoms with E-state index in [0.717, 1.165) is 0 Å². The van der Waals surface area contributed by atoms with Gasteiger partial charge >= 0.3 is 0 Å². The van der Waals surface area contributed by atoms with E-state index < -0.39 is 6.10 Å². The van der Waals surface area contributed by atoms with Crippen molar-refractivity contribution in [2.45, 2.75) is 20.0 Å². The Labute approximate surface area is 93.2 Å². The lowest BCUT2D eigenvalue weighted by molar-refractivity contribution is 0.0847. The summed E-state index contributed by atoms with van der Waals surface area (Å²) in [6.45, 7) is 3.95. The maximum Gasteiger partial charge on any atom is 0.287 e. The van der Waals surface area contributed by atoms with Gasteiger partial charge in [0.2, 0.25) is 0 Å². The molecule has 5 heteroatoms. The molecule has 0 radical (unpaired) electrons. The van der Waals surface area contributed by atoms with Gasteiger partial charge in [-0.3, -0.25) is 4.79 Å². The van der Waals surface area contributed by atoms with Crippen LogP contribution < -0.4 is 5.32 Å². The standard InChI is InChI=1S/C10H14ClNO3/c1-6(2)7(13)5-12-10(14)8-3-4-9(11)15-8/h3-4,6-7,13H,5H2,1-2H3,(H,12,14). The molecule has 0 saturated carbocycles. The third kappa shape index (κ3) is 3.57. The van der Waals surface area contributed by atoms with Crippen molar-refractivity contribution >= 4 is 17.5 Å². The van der Waals surface area contributed by atoms with Crippen LogP contribution in [0.4, 0.5) is 0 Å². The van der Waals surface area contributed by atoms with Crippen LogP contribution in [-0.4, -0.2) is 23.7 Å². The molecular formula is C10H14ClNO3. The molecule has 0 spiro atoms. The second-order valence-corrected chi connectivity index (χ2v) is 4.00. The highest BCUT2D eigenvalue weighted by Crippen LogP contribution is 2.12. The maximum atomic E-state index is 11.4. The van der Waals surface area contributed by atoms with Crippen molar-refractivity contribution in [2.75, 3.05) is 6.54 Å². The van der Waals surface area contributed by atoms with Crippen molar-refractivity contribution < 1.29 is 14.3 Å². The number of halogens is 1. The molecule has 84 valence electrons. The molecule has 1 rings (SSSR count). The average Bonchev–Trinajstić information content (AvgIpc) is 2.60. The number of furan rings is 1. The maximum absolute atomic E-state index is 11.4. The van der Waals surface area contributed by atoms with E-state index in [1.807, 2.05) is 13.8 Å². The van der Waals surface area contributed by atoms with Gasteiger partial charge < -0.3 is 14.8 Å². The summed E-state index contributed by atoms with van der Waals surface area (Å²) in [7, 11) is 0. The van der Waals surface area contributed by atoms with Crippen LogP contribution in [0.3, 0.4) is 0 Å². The predicted octanol–water partition coefficient (Wildman–Crippen LogP) is 1.68. The number of aliphatic hydroxyl groups excluding tert-OH is 1. The molecule has 0 aromatic carbocycles. The average molecular weight is 232 g/mol. The Bertz CT molecular complexity index is 335. The summed E-state index contributed by atoms with van der Waals surface area (Å²) in [4.78, 5) is 11.4. The van der Waals surface area contributed by atoms with E-state index >= 15 is 0 Å². The molecule has 0 aliphatic heterocycles. The Morgan fingerprint density at radius 1 is 1.60 bits per heavy atom.